The van der Waals surface area contributed by atoms with Gasteiger partial charge in [0.1, 0.15) is 16.4 Å². The molecule has 0 spiro atoms. The quantitative estimate of drug-likeness (QED) is 0.801. The van der Waals surface area contributed by atoms with E-state index < -0.39 is 15.8 Å². The predicted molar refractivity (Wildman–Crippen MR) is 70.6 cm³/mol. The van der Waals surface area contributed by atoms with Crippen LogP contribution < -0.4 is 4.90 Å². The van der Waals surface area contributed by atoms with E-state index in [-0.39, 0.29) is 12.3 Å². The minimum Gasteiger partial charge on any atom is -0.480 e. The zero-order valence-electron chi connectivity index (χ0n) is 10.2. The monoisotopic (exact) mass is 271 g/mol. The highest BCUT2D eigenvalue weighted by molar-refractivity contribution is 7.90. The Labute approximate surface area is 107 Å². The van der Waals surface area contributed by atoms with E-state index in [1.165, 1.54) is 6.26 Å². The second kappa shape index (κ2) is 6.39. The highest BCUT2D eigenvalue weighted by Crippen LogP contribution is 2.13. The van der Waals surface area contributed by atoms with Crippen LogP contribution in [0, 0.1) is 0 Å². The maximum Gasteiger partial charge on any atom is 0.323 e. The van der Waals surface area contributed by atoms with Gasteiger partial charge in [-0.3, -0.25) is 4.79 Å². The number of nitrogens with zero attached hydrogens (tertiary/aromatic N) is 1. The lowest BCUT2D eigenvalue weighted by atomic mass is 10.2. The molecule has 0 aliphatic rings. The van der Waals surface area contributed by atoms with Gasteiger partial charge < -0.3 is 10.0 Å². The van der Waals surface area contributed by atoms with Crippen molar-refractivity contribution >= 4 is 21.5 Å². The molecule has 1 aromatic carbocycles. The summed E-state index contributed by atoms with van der Waals surface area (Å²) in [5.74, 6) is -0.867. The molecule has 1 aromatic rings. The van der Waals surface area contributed by atoms with E-state index in [4.69, 9.17) is 5.11 Å². The highest BCUT2D eigenvalue weighted by atomic mass is 32.2. The van der Waals surface area contributed by atoms with Crippen molar-refractivity contribution in [3.8, 4) is 0 Å². The molecule has 0 amide bonds. The van der Waals surface area contributed by atoms with Crippen molar-refractivity contribution < 1.29 is 18.3 Å². The molecular formula is C12H17NO4S. The average molecular weight is 271 g/mol. The Hall–Kier alpha value is -1.56. The maximum atomic E-state index is 11.0. The summed E-state index contributed by atoms with van der Waals surface area (Å²) in [4.78, 5) is 12.4. The lowest BCUT2D eigenvalue weighted by molar-refractivity contribution is -0.135. The van der Waals surface area contributed by atoms with Crippen LogP contribution in [0.1, 0.15) is 6.42 Å². The third kappa shape index (κ3) is 5.67. The summed E-state index contributed by atoms with van der Waals surface area (Å²) >= 11 is 0. The van der Waals surface area contributed by atoms with Crippen LogP contribution in [-0.4, -0.2) is 44.6 Å². The minimum absolute atomic E-state index is 0.0654. The largest absolute Gasteiger partial charge is 0.480 e. The molecule has 0 bridgehead atoms. The van der Waals surface area contributed by atoms with Crippen LogP contribution in [0.3, 0.4) is 0 Å². The summed E-state index contributed by atoms with van der Waals surface area (Å²) in [5.41, 5.74) is 0.786. The number of carboxylic acids is 1. The number of carboxylic acid groups (broad SMARTS) is 1. The molecule has 0 saturated carbocycles. The van der Waals surface area contributed by atoms with Crippen molar-refractivity contribution in [3.05, 3.63) is 30.3 Å². The molecule has 0 heterocycles. The van der Waals surface area contributed by atoms with Gasteiger partial charge in [0.25, 0.3) is 0 Å². The van der Waals surface area contributed by atoms with E-state index in [9.17, 15) is 13.2 Å². The summed E-state index contributed by atoms with van der Waals surface area (Å²) < 4.78 is 22.1. The Bertz CT molecular complexity index is 484. The number of anilines is 1. The van der Waals surface area contributed by atoms with Gasteiger partial charge >= 0.3 is 5.97 Å². The Morgan fingerprint density at radius 3 is 2.39 bits per heavy atom. The van der Waals surface area contributed by atoms with Gasteiger partial charge in [-0.05, 0) is 18.6 Å². The zero-order valence-corrected chi connectivity index (χ0v) is 11.1. The molecule has 1 rings (SSSR count). The maximum absolute atomic E-state index is 11.0. The molecule has 18 heavy (non-hydrogen) atoms. The Balaban J connectivity index is 2.65. The lowest BCUT2D eigenvalue weighted by Gasteiger charge is -2.22. The van der Waals surface area contributed by atoms with Gasteiger partial charge in [0, 0.05) is 18.5 Å². The smallest absolute Gasteiger partial charge is 0.323 e. The van der Waals surface area contributed by atoms with E-state index in [0.717, 1.165) is 5.69 Å². The second-order valence-electron chi connectivity index (χ2n) is 4.13. The standard InChI is InChI=1S/C12H17NO4S/c1-18(16,17)9-5-8-13(10-12(14)15)11-6-3-2-4-7-11/h2-4,6-7H,5,8-10H2,1H3,(H,14,15). The van der Waals surface area contributed by atoms with Crippen molar-refractivity contribution in [1.82, 2.24) is 0 Å². The van der Waals surface area contributed by atoms with E-state index in [0.29, 0.717) is 13.0 Å². The van der Waals surface area contributed by atoms with Crippen LogP contribution >= 0.6 is 0 Å². The SMILES string of the molecule is CS(=O)(=O)CCCN(CC(=O)O)c1ccccc1. The molecule has 0 aromatic heterocycles. The first kappa shape index (κ1) is 14.5. The summed E-state index contributed by atoms with van der Waals surface area (Å²) in [6, 6.07) is 9.10. The van der Waals surface area contributed by atoms with Crippen LogP contribution in [0.2, 0.25) is 0 Å². The first-order valence-electron chi connectivity index (χ1n) is 5.58. The molecule has 5 nitrogen and oxygen atoms in total. The summed E-state index contributed by atoms with van der Waals surface area (Å²) in [5, 5.41) is 8.84. The molecule has 0 saturated heterocycles. The van der Waals surface area contributed by atoms with Gasteiger partial charge in [0.15, 0.2) is 0 Å². The van der Waals surface area contributed by atoms with Gasteiger partial charge in [-0.25, -0.2) is 8.42 Å². The number of aliphatic carboxylic acids is 1. The first-order chi connectivity index (χ1) is 8.38. The third-order valence-electron chi connectivity index (χ3n) is 2.39. The molecule has 1 N–H and O–H groups in total. The third-order valence-corrected chi connectivity index (χ3v) is 3.42. The molecule has 0 radical (unpaired) electrons. The summed E-state index contributed by atoms with van der Waals surface area (Å²) in [6.07, 6.45) is 1.60. The van der Waals surface area contributed by atoms with Crippen LogP contribution in [0.15, 0.2) is 30.3 Å². The van der Waals surface area contributed by atoms with Gasteiger partial charge in [-0.1, -0.05) is 18.2 Å². The zero-order chi connectivity index (χ0) is 13.6. The van der Waals surface area contributed by atoms with E-state index in [2.05, 4.69) is 0 Å². The fraction of sp³-hybridized carbons (Fsp3) is 0.417. The summed E-state index contributed by atoms with van der Waals surface area (Å²) in [7, 11) is -3.00. The molecule has 0 fully saturated rings. The number of para-hydroxylation sites is 1. The van der Waals surface area contributed by atoms with Crippen molar-refractivity contribution in [2.45, 2.75) is 6.42 Å². The Kier molecular flexibility index (Phi) is 5.15. The molecule has 100 valence electrons. The second-order valence-corrected chi connectivity index (χ2v) is 6.39. The van der Waals surface area contributed by atoms with Crippen LogP contribution in [-0.2, 0) is 14.6 Å². The van der Waals surface area contributed by atoms with Gasteiger partial charge in [0.05, 0.1) is 5.75 Å². The Morgan fingerprint density at radius 1 is 1.28 bits per heavy atom. The van der Waals surface area contributed by atoms with Crippen LogP contribution in [0.4, 0.5) is 5.69 Å². The van der Waals surface area contributed by atoms with Gasteiger partial charge in [-0.15, -0.1) is 0 Å². The number of carbonyl (C=O) groups is 1. The van der Waals surface area contributed by atoms with Crippen molar-refractivity contribution in [1.29, 1.82) is 0 Å². The van der Waals surface area contributed by atoms with E-state index in [1.807, 2.05) is 30.3 Å². The number of hydrogen-bond acceptors (Lipinski definition) is 4. The van der Waals surface area contributed by atoms with Crippen LogP contribution in [0.25, 0.3) is 0 Å². The minimum atomic E-state index is -3.00. The normalized spacial score (nSPS) is 11.2. The predicted octanol–water partition coefficient (Wildman–Crippen LogP) is 1.01. The average Bonchev–Trinajstić information content (AvgIpc) is 2.27. The summed E-state index contributed by atoms with van der Waals surface area (Å²) in [6.45, 7) is 0.275. The molecular weight excluding hydrogens is 254 g/mol. The Morgan fingerprint density at radius 2 is 1.89 bits per heavy atom. The van der Waals surface area contributed by atoms with Crippen molar-refractivity contribution in [2.75, 3.05) is 30.0 Å². The van der Waals surface area contributed by atoms with Crippen molar-refractivity contribution in [2.24, 2.45) is 0 Å². The molecule has 0 aliphatic heterocycles. The molecule has 0 unspecified atom stereocenters. The van der Waals surface area contributed by atoms with Crippen molar-refractivity contribution in [3.63, 3.8) is 0 Å². The fourth-order valence-corrected chi connectivity index (χ4v) is 2.27. The topological polar surface area (TPSA) is 74.7 Å². The number of sulfone groups is 1. The molecule has 0 atom stereocenters. The lowest BCUT2D eigenvalue weighted by Crippen LogP contribution is -2.31. The molecule has 0 aliphatic carbocycles. The van der Waals surface area contributed by atoms with Crippen LogP contribution in [0.5, 0.6) is 0 Å². The molecule has 6 heteroatoms. The van der Waals surface area contributed by atoms with Gasteiger partial charge in [-0.2, -0.15) is 0 Å². The fourth-order valence-electron chi connectivity index (χ4n) is 1.62. The number of benzene rings is 1. The highest BCUT2D eigenvalue weighted by Gasteiger charge is 2.11. The first-order valence-corrected chi connectivity index (χ1v) is 7.64. The van der Waals surface area contributed by atoms with E-state index in [1.54, 1.807) is 4.90 Å². The number of hydrogen-bond donors (Lipinski definition) is 1. The number of rotatable bonds is 7. The van der Waals surface area contributed by atoms with Gasteiger partial charge in [0.2, 0.25) is 0 Å². The van der Waals surface area contributed by atoms with E-state index >= 15 is 0 Å².